The van der Waals surface area contributed by atoms with Crippen molar-refractivity contribution in [3.8, 4) is 6.07 Å². The third-order valence-electron chi connectivity index (χ3n) is 3.55. The molecule has 0 bridgehead atoms. The largest absolute Gasteiger partial charge is 0.392 e. The van der Waals surface area contributed by atoms with E-state index in [1.54, 1.807) is 0 Å². The molecule has 0 amide bonds. The highest BCUT2D eigenvalue weighted by Crippen LogP contribution is 2.40. The monoisotopic (exact) mass is 215 g/mol. The van der Waals surface area contributed by atoms with Crippen LogP contribution >= 0.6 is 0 Å². The number of hydrogen-bond donors (Lipinski definition) is 1. The first-order chi connectivity index (χ1) is 7.78. The highest BCUT2D eigenvalue weighted by molar-refractivity contribution is 5.24. The van der Waals surface area contributed by atoms with Gasteiger partial charge in [0.1, 0.15) is 0 Å². The summed E-state index contributed by atoms with van der Waals surface area (Å²) in [5, 5.41) is 18.2. The normalized spacial score (nSPS) is 18.2. The Morgan fingerprint density at radius 3 is 2.19 bits per heavy atom. The topological polar surface area (TPSA) is 44.0 Å². The zero-order valence-corrected chi connectivity index (χ0v) is 9.45. The number of aliphatic hydroxyl groups excluding tert-OH is 1. The summed E-state index contributed by atoms with van der Waals surface area (Å²) in [6.07, 6.45) is 5.29. The summed E-state index contributed by atoms with van der Waals surface area (Å²) >= 11 is 0. The number of nitrogens with zero attached hydrogens (tertiary/aromatic N) is 1. The van der Waals surface area contributed by atoms with Crippen molar-refractivity contribution < 1.29 is 5.11 Å². The molecule has 0 atom stereocenters. The number of hydrogen-bond acceptors (Lipinski definition) is 2. The van der Waals surface area contributed by atoms with Crippen LogP contribution in [0.15, 0.2) is 24.3 Å². The van der Waals surface area contributed by atoms with Crippen LogP contribution in [0.3, 0.4) is 0 Å². The average Bonchev–Trinajstić information content (AvgIpc) is 2.79. The summed E-state index contributed by atoms with van der Waals surface area (Å²) in [6, 6.07) is 10.4. The van der Waals surface area contributed by atoms with Crippen molar-refractivity contribution in [2.45, 2.75) is 38.7 Å². The molecule has 0 saturated heterocycles. The number of benzene rings is 1. The highest BCUT2D eigenvalue weighted by atomic mass is 16.3. The average molecular weight is 215 g/mol. The molecule has 2 nitrogen and oxygen atoms in total. The van der Waals surface area contributed by atoms with Gasteiger partial charge in [-0.1, -0.05) is 37.1 Å². The lowest BCUT2D eigenvalue weighted by Crippen LogP contribution is -2.16. The summed E-state index contributed by atoms with van der Waals surface area (Å²) in [5.74, 6) is 0. The summed E-state index contributed by atoms with van der Waals surface area (Å²) in [6.45, 7) is 0.0870. The van der Waals surface area contributed by atoms with Crippen LogP contribution in [0.4, 0.5) is 0 Å². The van der Waals surface area contributed by atoms with Gasteiger partial charge in [0.15, 0.2) is 0 Å². The van der Waals surface area contributed by atoms with Gasteiger partial charge in [0, 0.05) is 0 Å². The standard InChI is InChI=1S/C14H17NO/c15-11-14(7-1-2-8-14)9-12-3-5-13(10-16)6-4-12/h3-6,16H,1-2,7-10H2. The number of rotatable bonds is 3. The second kappa shape index (κ2) is 4.67. The van der Waals surface area contributed by atoms with Crippen LogP contribution in [0.2, 0.25) is 0 Å². The van der Waals surface area contributed by atoms with Crippen molar-refractivity contribution in [3.63, 3.8) is 0 Å². The lowest BCUT2D eigenvalue weighted by Gasteiger charge is -2.19. The molecule has 0 heterocycles. The first-order valence-electron chi connectivity index (χ1n) is 5.88. The summed E-state index contributed by atoms with van der Waals surface area (Å²) in [5.41, 5.74) is 2.02. The SMILES string of the molecule is N#CC1(Cc2ccc(CO)cc2)CCCC1. The Labute approximate surface area is 96.5 Å². The first kappa shape index (κ1) is 11.2. The van der Waals surface area contributed by atoms with Gasteiger partial charge < -0.3 is 5.11 Å². The molecule has 2 heteroatoms. The Bertz CT molecular complexity index is 382. The molecule has 1 aromatic carbocycles. The van der Waals surface area contributed by atoms with Gasteiger partial charge in [-0.15, -0.1) is 0 Å². The minimum atomic E-state index is -0.124. The molecule has 16 heavy (non-hydrogen) atoms. The molecule has 1 saturated carbocycles. The van der Waals surface area contributed by atoms with Gasteiger partial charge in [0.25, 0.3) is 0 Å². The van der Waals surface area contributed by atoms with E-state index in [9.17, 15) is 5.26 Å². The fraction of sp³-hybridized carbons (Fsp3) is 0.500. The van der Waals surface area contributed by atoms with Gasteiger partial charge in [-0.2, -0.15) is 5.26 Å². The van der Waals surface area contributed by atoms with Gasteiger partial charge in [-0.3, -0.25) is 0 Å². The molecule has 0 aliphatic heterocycles. The second-order valence-corrected chi connectivity index (χ2v) is 4.75. The Morgan fingerprint density at radius 2 is 1.69 bits per heavy atom. The van der Waals surface area contributed by atoms with E-state index < -0.39 is 0 Å². The molecule has 0 unspecified atom stereocenters. The molecule has 1 N–H and O–H groups in total. The zero-order valence-electron chi connectivity index (χ0n) is 9.45. The van der Waals surface area contributed by atoms with Crippen LogP contribution < -0.4 is 0 Å². The molecule has 0 radical (unpaired) electrons. The summed E-state index contributed by atoms with van der Waals surface area (Å²) in [4.78, 5) is 0. The molecule has 1 fully saturated rings. The molecular weight excluding hydrogens is 198 g/mol. The van der Waals surface area contributed by atoms with Crippen molar-refractivity contribution in [2.24, 2.45) is 5.41 Å². The molecule has 0 spiro atoms. The van der Waals surface area contributed by atoms with E-state index in [1.807, 2.05) is 24.3 Å². The van der Waals surface area contributed by atoms with Gasteiger partial charge >= 0.3 is 0 Å². The smallest absolute Gasteiger partial charge is 0.0693 e. The molecule has 84 valence electrons. The first-order valence-corrected chi connectivity index (χ1v) is 5.88. The van der Waals surface area contributed by atoms with E-state index >= 15 is 0 Å². The van der Waals surface area contributed by atoms with Crippen LogP contribution in [0, 0.1) is 16.7 Å². The van der Waals surface area contributed by atoms with Crippen molar-refractivity contribution in [3.05, 3.63) is 35.4 Å². The molecule has 2 rings (SSSR count). The van der Waals surface area contributed by atoms with E-state index in [-0.39, 0.29) is 12.0 Å². The van der Waals surface area contributed by atoms with Gasteiger partial charge in [0.2, 0.25) is 0 Å². The molecule has 0 aromatic heterocycles. The predicted octanol–water partition coefficient (Wildman–Crippen LogP) is 2.81. The molecule has 1 aliphatic rings. The Kier molecular flexibility index (Phi) is 3.26. The van der Waals surface area contributed by atoms with Crippen molar-refractivity contribution in [2.75, 3.05) is 0 Å². The molecule has 1 aliphatic carbocycles. The predicted molar refractivity (Wildman–Crippen MR) is 62.6 cm³/mol. The van der Waals surface area contributed by atoms with E-state index in [2.05, 4.69) is 6.07 Å². The zero-order chi connectivity index (χ0) is 11.4. The number of nitriles is 1. The number of aliphatic hydroxyl groups is 1. The summed E-state index contributed by atoms with van der Waals surface area (Å²) in [7, 11) is 0. The van der Waals surface area contributed by atoms with E-state index in [4.69, 9.17) is 5.11 Å². The second-order valence-electron chi connectivity index (χ2n) is 4.75. The minimum absolute atomic E-state index is 0.0870. The Hall–Kier alpha value is -1.33. The molecular formula is C14H17NO. The summed E-state index contributed by atoms with van der Waals surface area (Å²) < 4.78 is 0. The lowest BCUT2D eigenvalue weighted by molar-refractivity contribution is 0.282. The van der Waals surface area contributed by atoms with Crippen molar-refractivity contribution in [1.82, 2.24) is 0 Å². The van der Waals surface area contributed by atoms with Crippen LogP contribution in [-0.4, -0.2) is 5.11 Å². The highest BCUT2D eigenvalue weighted by Gasteiger charge is 2.33. The maximum absolute atomic E-state index is 9.29. The quantitative estimate of drug-likeness (QED) is 0.842. The van der Waals surface area contributed by atoms with E-state index in [0.29, 0.717) is 0 Å². The van der Waals surface area contributed by atoms with Gasteiger partial charge in [-0.05, 0) is 30.4 Å². The van der Waals surface area contributed by atoms with Crippen molar-refractivity contribution in [1.29, 1.82) is 5.26 Å². The third-order valence-corrected chi connectivity index (χ3v) is 3.55. The molecule has 1 aromatic rings. The minimum Gasteiger partial charge on any atom is -0.392 e. The van der Waals surface area contributed by atoms with E-state index in [1.165, 1.54) is 18.4 Å². The fourth-order valence-corrected chi connectivity index (χ4v) is 2.53. The maximum atomic E-state index is 9.29. The maximum Gasteiger partial charge on any atom is 0.0693 e. The lowest BCUT2D eigenvalue weighted by atomic mass is 9.81. The van der Waals surface area contributed by atoms with Crippen molar-refractivity contribution >= 4 is 0 Å². The van der Waals surface area contributed by atoms with Crippen LogP contribution in [-0.2, 0) is 13.0 Å². The third kappa shape index (κ3) is 2.25. The van der Waals surface area contributed by atoms with Gasteiger partial charge in [0.05, 0.1) is 18.1 Å². The van der Waals surface area contributed by atoms with E-state index in [0.717, 1.165) is 24.8 Å². The Balaban J connectivity index is 2.11. The fourth-order valence-electron chi connectivity index (χ4n) is 2.53. The Morgan fingerprint density at radius 1 is 1.12 bits per heavy atom. The van der Waals surface area contributed by atoms with Crippen LogP contribution in [0.5, 0.6) is 0 Å². The van der Waals surface area contributed by atoms with Crippen LogP contribution in [0.25, 0.3) is 0 Å². The van der Waals surface area contributed by atoms with Crippen LogP contribution in [0.1, 0.15) is 36.8 Å². The van der Waals surface area contributed by atoms with Gasteiger partial charge in [-0.25, -0.2) is 0 Å².